The SMILES string of the molecule is Cc1cccc(F)c1CSc1[nH]c(=O)c(C#N)c2c1CCCC2. The second-order valence-electron chi connectivity index (χ2n) is 5.76. The van der Waals surface area contributed by atoms with Gasteiger partial charge in [0.25, 0.3) is 5.56 Å². The van der Waals surface area contributed by atoms with Gasteiger partial charge in [0, 0.05) is 11.3 Å². The smallest absolute Gasteiger partial charge is 0.267 e. The highest BCUT2D eigenvalue weighted by Gasteiger charge is 2.21. The summed E-state index contributed by atoms with van der Waals surface area (Å²) in [5.74, 6) is 0.245. The molecule has 1 N–H and O–H groups in total. The molecule has 118 valence electrons. The molecule has 1 aliphatic rings. The molecule has 3 nitrogen and oxygen atoms in total. The summed E-state index contributed by atoms with van der Waals surface area (Å²) < 4.78 is 14.0. The summed E-state index contributed by atoms with van der Waals surface area (Å²) in [4.78, 5) is 14.9. The highest BCUT2D eigenvalue weighted by molar-refractivity contribution is 7.98. The maximum absolute atomic E-state index is 14.0. The lowest BCUT2D eigenvalue weighted by atomic mass is 9.90. The molecular weight excluding hydrogens is 311 g/mol. The summed E-state index contributed by atoms with van der Waals surface area (Å²) in [6, 6.07) is 7.07. The van der Waals surface area contributed by atoms with Gasteiger partial charge in [-0.2, -0.15) is 5.26 Å². The molecule has 0 atom stereocenters. The van der Waals surface area contributed by atoms with Gasteiger partial charge in [-0.05, 0) is 55.4 Å². The number of nitrogens with zero attached hydrogens (tertiary/aromatic N) is 1. The average molecular weight is 328 g/mol. The first kappa shape index (κ1) is 15.8. The molecule has 23 heavy (non-hydrogen) atoms. The zero-order valence-corrected chi connectivity index (χ0v) is 13.7. The van der Waals surface area contributed by atoms with Crippen LogP contribution in [-0.2, 0) is 18.6 Å². The van der Waals surface area contributed by atoms with Crippen LogP contribution in [0.4, 0.5) is 4.39 Å². The van der Waals surface area contributed by atoms with Crippen molar-refractivity contribution < 1.29 is 4.39 Å². The van der Waals surface area contributed by atoms with E-state index in [9.17, 15) is 14.4 Å². The zero-order valence-electron chi connectivity index (χ0n) is 12.9. The molecule has 0 fully saturated rings. The summed E-state index contributed by atoms with van der Waals surface area (Å²) in [6.07, 6.45) is 3.69. The molecule has 0 radical (unpaired) electrons. The number of nitrogens with one attached hydrogen (secondary N) is 1. The number of hydrogen-bond acceptors (Lipinski definition) is 3. The number of aromatic amines is 1. The normalized spacial score (nSPS) is 13.4. The van der Waals surface area contributed by atoms with Crippen molar-refractivity contribution in [2.45, 2.75) is 43.4 Å². The molecular formula is C18H17FN2OS. The van der Waals surface area contributed by atoms with Gasteiger partial charge < -0.3 is 4.98 Å². The van der Waals surface area contributed by atoms with Crippen molar-refractivity contribution in [2.24, 2.45) is 0 Å². The topological polar surface area (TPSA) is 56.6 Å². The predicted octanol–water partition coefficient (Wildman–Crippen LogP) is 3.87. The van der Waals surface area contributed by atoms with E-state index in [1.54, 1.807) is 6.07 Å². The lowest BCUT2D eigenvalue weighted by Gasteiger charge is -2.20. The second-order valence-corrected chi connectivity index (χ2v) is 6.74. The van der Waals surface area contributed by atoms with Gasteiger partial charge in [-0.15, -0.1) is 11.8 Å². The third-order valence-corrected chi connectivity index (χ3v) is 5.39. The van der Waals surface area contributed by atoms with E-state index >= 15 is 0 Å². The fourth-order valence-corrected chi connectivity index (χ4v) is 4.26. The third-order valence-electron chi connectivity index (χ3n) is 4.32. The largest absolute Gasteiger partial charge is 0.316 e. The fraction of sp³-hybridized carbons (Fsp3) is 0.333. The van der Waals surface area contributed by atoms with Gasteiger partial charge in [0.1, 0.15) is 17.4 Å². The Bertz CT molecular complexity index is 831. The first-order valence-electron chi connectivity index (χ1n) is 7.66. The summed E-state index contributed by atoms with van der Waals surface area (Å²) in [6.45, 7) is 1.88. The van der Waals surface area contributed by atoms with Gasteiger partial charge in [0.05, 0.1) is 5.03 Å². The van der Waals surface area contributed by atoms with Crippen LogP contribution in [0.5, 0.6) is 0 Å². The van der Waals surface area contributed by atoms with Crippen molar-refractivity contribution in [1.82, 2.24) is 4.98 Å². The first-order valence-corrected chi connectivity index (χ1v) is 8.65. The van der Waals surface area contributed by atoms with Crippen LogP contribution in [-0.4, -0.2) is 4.98 Å². The van der Waals surface area contributed by atoms with Gasteiger partial charge in [-0.1, -0.05) is 12.1 Å². The number of thioether (sulfide) groups is 1. The molecule has 5 heteroatoms. The lowest BCUT2D eigenvalue weighted by Crippen LogP contribution is -2.20. The van der Waals surface area contributed by atoms with Crippen molar-refractivity contribution >= 4 is 11.8 Å². The van der Waals surface area contributed by atoms with Crippen LogP contribution in [0.25, 0.3) is 0 Å². The number of halogens is 1. The van der Waals surface area contributed by atoms with Crippen LogP contribution in [0.15, 0.2) is 28.0 Å². The van der Waals surface area contributed by atoms with Crippen LogP contribution in [0.2, 0.25) is 0 Å². The molecule has 0 amide bonds. The Morgan fingerprint density at radius 3 is 2.74 bits per heavy atom. The highest BCUT2D eigenvalue weighted by atomic mass is 32.2. The number of benzene rings is 1. The Labute approximate surface area is 138 Å². The Morgan fingerprint density at radius 1 is 1.30 bits per heavy atom. The fourth-order valence-electron chi connectivity index (χ4n) is 3.04. The molecule has 1 aromatic heterocycles. The molecule has 2 aromatic rings. The van der Waals surface area contributed by atoms with E-state index < -0.39 is 0 Å². The molecule has 1 heterocycles. The van der Waals surface area contributed by atoms with Crippen molar-refractivity contribution in [1.29, 1.82) is 5.26 Å². The highest BCUT2D eigenvalue weighted by Crippen LogP contribution is 2.32. The number of aryl methyl sites for hydroxylation is 1. The first-order chi connectivity index (χ1) is 11.1. The number of fused-ring (bicyclic) bond motifs is 1. The molecule has 0 saturated carbocycles. The van der Waals surface area contributed by atoms with Gasteiger partial charge in [-0.3, -0.25) is 4.79 Å². The van der Waals surface area contributed by atoms with Crippen LogP contribution in [0, 0.1) is 24.1 Å². The minimum atomic E-state index is -0.332. The standard InChI is InChI=1S/C18H17FN2OS/c1-11-5-4-8-16(19)15(11)10-23-18-13-7-3-2-6-12(13)14(9-20)17(22)21-18/h4-5,8H,2-3,6-7,10H2,1H3,(H,21,22). The van der Waals surface area contributed by atoms with E-state index in [1.807, 2.05) is 19.1 Å². The molecule has 0 saturated heterocycles. The number of H-pyrrole nitrogens is 1. The number of nitriles is 1. The minimum absolute atomic E-state index is 0.220. The maximum atomic E-state index is 14.0. The lowest BCUT2D eigenvalue weighted by molar-refractivity contribution is 0.615. The number of pyridine rings is 1. The van der Waals surface area contributed by atoms with Crippen LogP contribution in [0.1, 0.15) is 40.7 Å². The van der Waals surface area contributed by atoms with Crippen LogP contribution >= 0.6 is 11.8 Å². The van der Waals surface area contributed by atoms with E-state index in [0.29, 0.717) is 11.3 Å². The van der Waals surface area contributed by atoms with E-state index in [-0.39, 0.29) is 16.9 Å². The molecule has 0 unspecified atom stereocenters. The molecule has 1 aliphatic carbocycles. The number of rotatable bonds is 3. The predicted molar refractivity (Wildman–Crippen MR) is 89.1 cm³/mol. The minimum Gasteiger partial charge on any atom is -0.316 e. The van der Waals surface area contributed by atoms with Crippen molar-refractivity contribution in [2.75, 3.05) is 0 Å². The van der Waals surface area contributed by atoms with E-state index in [0.717, 1.165) is 47.4 Å². The van der Waals surface area contributed by atoms with E-state index in [1.165, 1.54) is 17.8 Å². The average Bonchev–Trinajstić information content (AvgIpc) is 2.54. The Balaban J connectivity index is 1.97. The number of aromatic nitrogens is 1. The van der Waals surface area contributed by atoms with Crippen LogP contribution < -0.4 is 5.56 Å². The third kappa shape index (κ3) is 3.04. The molecule has 0 spiro atoms. The summed E-state index contributed by atoms with van der Waals surface area (Å²) >= 11 is 1.44. The summed E-state index contributed by atoms with van der Waals surface area (Å²) in [5, 5.41) is 10.0. The monoisotopic (exact) mass is 328 g/mol. The quantitative estimate of drug-likeness (QED) is 0.870. The van der Waals surface area contributed by atoms with Crippen molar-refractivity contribution in [3.05, 3.63) is 62.2 Å². The summed E-state index contributed by atoms with van der Waals surface area (Å²) in [5.41, 5.74) is 3.42. The van der Waals surface area contributed by atoms with Crippen molar-refractivity contribution in [3.8, 4) is 6.07 Å². The van der Waals surface area contributed by atoms with Gasteiger partial charge >= 0.3 is 0 Å². The molecule has 1 aromatic carbocycles. The van der Waals surface area contributed by atoms with Gasteiger partial charge in [-0.25, -0.2) is 4.39 Å². The zero-order chi connectivity index (χ0) is 16.4. The molecule has 3 rings (SSSR count). The van der Waals surface area contributed by atoms with E-state index in [4.69, 9.17) is 0 Å². The maximum Gasteiger partial charge on any atom is 0.267 e. The Morgan fingerprint density at radius 2 is 2.04 bits per heavy atom. The second kappa shape index (κ2) is 6.59. The molecule has 0 aliphatic heterocycles. The Hall–Kier alpha value is -2.06. The Kier molecular flexibility index (Phi) is 4.53. The molecule has 0 bridgehead atoms. The number of hydrogen-bond donors (Lipinski definition) is 1. The van der Waals surface area contributed by atoms with Gasteiger partial charge in [0.2, 0.25) is 0 Å². The van der Waals surface area contributed by atoms with Gasteiger partial charge in [0.15, 0.2) is 0 Å². The van der Waals surface area contributed by atoms with Crippen molar-refractivity contribution in [3.63, 3.8) is 0 Å². The summed E-state index contributed by atoms with van der Waals surface area (Å²) in [7, 11) is 0. The van der Waals surface area contributed by atoms with Crippen LogP contribution in [0.3, 0.4) is 0 Å². The van der Waals surface area contributed by atoms with E-state index in [2.05, 4.69) is 4.98 Å².